The summed E-state index contributed by atoms with van der Waals surface area (Å²) in [6.07, 6.45) is -0.214. The van der Waals surface area contributed by atoms with E-state index < -0.39 is 18.0 Å². The molecule has 0 amide bonds. The highest BCUT2D eigenvalue weighted by Gasteiger charge is 2.38. The number of rotatable bonds is 4. The Hall–Kier alpha value is -3.52. The third-order valence-corrected chi connectivity index (χ3v) is 3.56. The molecule has 0 aliphatic carbocycles. The maximum Gasteiger partial charge on any atom is 0.490 e. The van der Waals surface area contributed by atoms with Crippen molar-refractivity contribution < 1.29 is 37.3 Å². The molecule has 15 heteroatoms. The summed E-state index contributed by atoms with van der Waals surface area (Å²) in [5.74, 6) is -3.77. The second-order valence-corrected chi connectivity index (χ2v) is 5.76. The molecule has 2 heterocycles. The Labute approximate surface area is 169 Å². The Morgan fingerprint density at radius 2 is 2.00 bits per heavy atom. The summed E-state index contributed by atoms with van der Waals surface area (Å²) >= 11 is 5.67. The number of hydrogen-bond acceptors (Lipinski definition) is 7. The molecule has 0 bridgehead atoms. The zero-order chi connectivity index (χ0) is 22.5. The van der Waals surface area contributed by atoms with Crippen molar-refractivity contribution in [3.8, 4) is 0 Å². The van der Waals surface area contributed by atoms with E-state index in [9.17, 15) is 22.8 Å². The summed E-state index contributed by atoms with van der Waals surface area (Å²) in [6.45, 7) is 0.263. The molecule has 0 saturated carbocycles. The Balaban J connectivity index is 0.000000396. The van der Waals surface area contributed by atoms with Crippen LogP contribution in [0.15, 0.2) is 41.5 Å². The minimum absolute atomic E-state index is 0.0432. The van der Waals surface area contributed by atoms with Gasteiger partial charge in [-0.2, -0.15) is 13.2 Å². The van der Waals surface area contributed by atoms with Crippen molar-refractivity contribution in [3.05, 3.63) is 59.1 Å². The molecule has 10 nitrogen and oxygen atoms in total. The van der Waals surface area contributed by atoms with Gasteiger partial charge in [-0.3, -0.25) is 10.6 Å². The minimum atomic E-state index is -5.08. The van der Waals surface area contributed by atoms with Gasteiger partial charge in [-0.1, -0.05) is 16.8 Å². The molecule has 0 spiro atoms. The number of hydroxylamine groups is 1. The molecule has 2 aromatic heterocycles. The van der Waals surface area contributed by atoms with E-state index >= 15 is 0 Å². The third kappa shape index (κ3) is 5.74. The standard InChI is InChI=1S/C13H10ClFN6O2.C2HF3O2/c14-9-5-8(1-2-10(9)15)21(22)13(16)12-11(18-23-19-12)6-20-4-3-17-7-20;3-2(4,5)1(6)7/h1-5,7,16,22H,6H2;(H,6,7). The molecule has 0 radical (unpaired) electrons. The predicted molar refractivity (Wildman–Crippen MR) is 91.8 cm³/mol. The fraction of sp³-hybridized carbons (Fsp3) is 0.133. The minimum Gasteiger partial charge on any atom is -0.475 e. The van der Waals surface area contributed by atoms with Gasteiger partial charge in [-0.15, -0.1) is 0 Å². The van der Waals surface area contributed by atoms with E-state index in [4.69, 9.17) is 26.9 Å². The fourth-order valence-corrected chi connectivity index (χ4v) is 2.06. The molecule has 0 saturated heterocycles. The molecule has 0 atom stereocenters. The molecule has 0 aliphatic heterocycles. The second-order valence-electron chi connectivity index (χ2n) is 5.36. The summed E-state index contributed by atoms with van der Waals surface area (Å²) in [5.41, 5.74) is 0.486. The van der Waals surface area contributed by atoms with Crippen molar-refractivity contribution in [2.24, 2.45) is 0 Å². The van der Waals surface area contributed by atoms with Crippen LogP contribution in [0.3, 0.4) is 0 Å². The van der Waals surface area contributed by atoms with Gasteiger partial charge in [0.05, 0.1) is 23.6 Å². The van der Waals surface area contributed by atoms with Gasteiger partial charge < -0.3 is 9.67 Å². The molecule has 30 heavy (non-hydrogen) atoms. The number of nitrogens with zero attached hydrogens (tertiary/aromatic N) is 5. The van der Waals surface area contributed by atoms with Crippen LogP contribution in [0.5, 0.6) is 0 Å². The largest absolute Gasteiger partial charge is 0.490 e. The zero-order valence-electron chi connectivity index (χ0n) is 14.5. The van der Waals surface area contributed by atoms with Crippen LogP contribution < -0.4 is 5.06 Å². The Morgan fingerprint density at radius 3 is 2.53 bits per heavy atom. The summed E-state index contributed by atoms with van der Waals surface area (Å²) < 4.78 is 51.3. The highest BCUT2D eigenvalue weighted by molar-refractivity contribution is 6.31. The van der Waals surface area contributed by atoms with Crippen molar-refractivity contribution in [3.63, 3.8) is 0 Å². The summed E-state index contributed by atoms with van der Waals surface area (Å²) in [7, 11) is 0. The van der Waals surface area contributed by atoms with Gasteiger partial charge >= 0.3 is 12.1 Å². The van der Waals surface area contributed by atoms with Crippen molar-refractivity contribution >= 4 is 29.1 Å². The average molecular weight is 451 g/mol. The van der Waals surface area contributed by atoms with Gasteiger partial charge in [-0.05, 0) is 23.4 Å². The third-order valence-electron chi connectivity index (χ3n) is 3.27. The number of alkyl halides is 3. The van der Waals surface area contributed by atoms with Gasteiger partial charge in [0, 0.05) is 12.4 Å². The van der Waals surface area contributed by atoms with E-state index in [-0.39, 0.29) is 28.8 Å². The Bertz CT molecular complexity index is 1020. The number of anilines is 1. The van der Waals surface area contributed by atoms with E-state index in [1.807, 2.05) is 0 Å². The number of benzene rings is 1. The van der Waals surface area contributed by atoms with E-state index in [2.05, 4.69) is 19.9 Å². The van der Waals surface area contributed by atoms with Gasteiger partial charge in [0.1, 0.15) is 11.5 Å². The number of carboxylic acid groups (broad SMARTS) is 1. The van der Waals surface area contributed by atoms with Crippen molar-refractivity contribution in [2.75, 3.05) is 5.06 Å². The van der Waals surface area contributed by atoms with Crippen LogP contribution in [-0.4, -0.2) is 48.2 Å². The van der Waals surface area contributed by atoms with Crippen molar-refractivity contribution in [1.29, 1.82) is 5.41 Å². The normalized spacial score (nSPS) is 10.9. The molecule has 0 fully saturated rings. The number of halogens is 5. The molecule has 0 unspecified atom stereocenters. The maximum atomic E-state index is 13.2. The van der Waals surface area contributed by atoms with Gasteiger partial charge in [0.25, 0.3) is 0 Å². The van der Waals surface area contributed by atoms with Gasteiger partial charge in [0.15, 0.2) is 11.5 Å². The second kappa shape index (κ2) is 9.32. The SMILES string of the molecule is N=C(c1nonc1Cn1ccnc1)N(O)c1ccc(F)c(Cl)c1.O=C(O)C(F)(F)F. The van der Waals surface area contributed by atoms with Crippen LogP contribution in [0.2, 0.25) is 5.02 Å². The van der Waals surface area contributed by atoms with Crippen LogP contribution >= 0.6 is 11.6 Å². The van der Waals surface area contributed by atoms with Crippen LogP contribution in [0.4, 0.5) is 23.2 Å². The van der Waals surface area contributed by atoms with Crippen LogP contribution in [0, 0.1) is 11.2 Å². The number of aromatic nitrogens is 4. The van der Waals surface area contributed by atoms with Gasteiger partial charge in [-0.25, -0.2) is 23.9 Å². The van der Waals surface area contributed by atoms with Crippen molar-refractivity contribution in [1.82, 2.24) is 19.9 Å². The highest BCUT2D eigenvalue weighted by atomic mass is 35.5. The molecule has 3 aromatic rings. The van der Waals surface area contributed by atoms with Gasteiger partial charge in [0.2, 0.25) is 0 Å². The average Bonchev–Trinajstić information content (AvgIpc) is 3.35. The fourth-order valence-electron chi connectivity index (χ4n) is 1.89. The Kier molecular flexibility index (Phi) is 7.07. The first-order chi connectivity index (χ1) is 14.0. The summed E-state index contributed by atoms with van der Waals surface area (Å²) in [5, 5.41) is 33.0. The van der Waals surface area contributed by atoms with E-state index in [1.165, 1.54) is 12.1 Å². The number of imidazole rings is 1. The van der Waals surface area contributed by atoms with E-state index in [1.54, 1.807) is 23.3 Å². The smallest absolute Gasteiger partial charge is 0.475 e. The molecule has 160 valence electrons. The molecular weight excluding hydrogens is 440 g/mol. The maximum absolute atomic E-state index is 13.2. The van der Waals surface area contributed by atoms with Crippen LogP contribution in [-0.2, 0) is 11.3 Å². The first-order valence-corrected chi connectivity index (χ1v) is 7.98. The quantitative estimate of drug-likeness (QED) is 0.238. The lowest BCUT2D eigenvalue weighted by Crippen LogP contribution is -2.28. The number of aliphatic carboxylic acids is 1. The summed E-state index contributed by atoms with van der Waals surface area (Å²) in [6, 6.07) is 3.55. The monoisotopic (exact) mass is 450 g/mol. The Morgan fingerprint density at radius 1 is 1.33 bits per heavy atom. The number of hydrogen-bond donors (Lipinski definition) is 3. The first-order valence-electron chi connectivity index (χ1n) is 7.61. The lowest BCUT2D eigenvalue weighted by molar-refractivity contribution is -0.192. The summed E-state index contributed by atoms with van der Waals surface area (Å²) in [4.78, 5) is 12.8. The number of carbonyl (C=O) groups is 1. The van der Waals surface area contributed by atoms with Crippen LogP contribution in [0.1, 0.15) is 11.4 Å². The molecule has 3 rings (SSSR count). The number of amidine groups is 1. The predicted octanol–water partition coefficient (Wildman–Crippen LogP) is 2.96. The van der Waals surface area contributed by atoms with E-state index in [0.29, 0.717) is 10.8 Å². The lowest BCUT2D eigenvalue weighted by atomic mass is 10.2. The van der Waals surface area contributed by atoms with E-state index in [0.717, 1.165) is 6.07 Å². The number of carboxylic acids is 1. The lowest BCUT2D eigenvalue weighted by Gasteiger charge is -2.16. The zero-order valence-corrected chi connectivity index (χ0v) is 15.3. The first kappa shape index (κ1) is 22.8. The molecule has 1 aromatic carbocycles. The van der Waals surface area contributed by atoms with Crippen LogP contribution in [0.25, 0.3) is 0 Å². The highest BCUT2D eigenvalue weighted by Crippen LogP contribution is 2.23. The molecule has 3 N–H and O–H groups in total. The molecular formula is C15H11ClF4N6O4. The van der Waals surface area contributed by atoms with Crippen molar-refractivity contribution in [2.45, 2.75) is 12.7 Å². The topological polar surface area (TPSA) is 141 Å². The number of nitrogens with one attached hydrogen (secondary N) is 1. The molecule has 0 aliphatic rings.